The molecule has 0 aliphatic heterocycles. The van der Waals surface area contributed by atoms with E-state index in [-0.39, 0.29) is 0 Å². The Hall–Kier alpha value is -0.380. The van der Waals surface area contributed by atoms with Crippen molar-refractivity contribution in [3.05, 3.63) is 12.2 Å². The molecule has 0 aromatic carbocycles. The lowest BCUT2D eigenvalue weighted by atomic mass is 9.87. The lowest BCUT2D eigenvalue weighted by Gasteiger charge is -2.30. The number of fused-ring (bicyclic) bond motifs is 2. The SMILES string of the molecule is COCCC(C)(O)CNC(C)C1CC2C=CC1C2. The van der Waals surface area contributed by atoms with Crippen LogP contribution in [0.25, 0.3) is 0 Å². The number of methoxy groups -OCH3 is 1. The molecule has 0 heterocycles. The molecule has 0 radical (unpaired) electrons. The van der Waals surface area contributed by atoms with E-state index in [0.29, 0.717) is 25.6 Å². The van der Waals surface area contributed by atoms with Gasteiger partial charge < -0.3 is 15.2 Å². The minimum absolute atomic E-state index is 0.485. The van der Waals surface area contributed by atoms with Crippen LogP contribution >= 0.6 is 0 Å². The molecule has 2 aliphatic rings. The fourth-order valence-corrected chi connectivity index (χ4v) is 3.34. The van der Waals surface area contributed by atoms with Crippen LogP contribution in [0.2, 0.25) is 0 Å². The molecule has 18 heavy (non-hydrogen) atoms. The molecule has 0 amide bonds. The first-order chi connectivity index (χ1) is 8.52. The van der Waals surface area contributed by atoms with Crippen molar-refractivity contribution in [3.8, 4) is 0 Å². The third-order valence-corrected chi connectivity index (χ3v) is 4.62. The molecule has 3 heteroatoms. The summed E-state index contributed by atoms with van der Waals surface area (Å²) in [6.45, 7) is 5.40. The van der Waals surface area contributed by atoms with E-state index in [2.05, 4.69) is 24.4 Å². The third kappa shape index (κ3) is 3.34. The highest BCUT2D eigenvalue weighted by Gasteiger charge is 2.38. The number of allylic oxidation sites excluding steroid dienone is 2. The van der Waals surface area contributed by atoms with Gasteiger partial charge in [-0.25, -0.2) is 0 Å². The van der Waals surface area contributed by atoms with Crippen LogP contribution in [-0.2, 0) is 4.74 Å². The van der Waals surface area contributed by atoms with Crippen molar-refractivity contribution in [1.82, 2.24) is 5.32 Å². The Balaban J connectivity index is 1.74. The zero-order valence-electron chi connectivity index (χ0n) is 11.9. The van der Waals surface area contributed by atoms with Crippen molar-refractivity contribution in [2.45, 2.75) is 44.8 Å². The van der Waals surface area contributed by atoms with Crippen molar-refractivity contribution in [2.24, 2.45) is 17.8 Å². The summed E-state index contributed by atoms with van der Waals surface area (Å²) in [5.41, 5.74) is -0.669. The minimum Gasteiger partial charge on any atom is -0.389 e. The highest BCUT2D eigenvalue weighted by atomic mass is 16.5. The topological polar surface area (TPSA) is 41.5 Å². The van der Waals surface area contributed by atoms with Gasteiger partial charge in [-0.15, -0.1) is 0 Å². The number of rotatable bonds is 7. The maximum atomic E-state index is 10.2. The van der Waals surface area contributed by atoms with Gasteiger partial charge in [-0.1, -0.05) is 12.2 Å². The Kier molecular flexibility index (Phi) is 4.46. The Labute approximate surface area is 111 Å². The summed E-state index contributed by atoms with van der Waals surface area (Å²) in [7, 11) is 1.67. The first-order valence-corrected chi connectivity index (χ1v) is 7.15. The van der Waals surface area contributed by atoms with Gasteiger partial charge >= 0.3 is 0 Å². The molecule has 2 N–H and O–H groups in total. The van der Waals surface area contributed by atoms with Gasteiger partial charge in [-0.2, -0.15) is 0 Å². The summed E-state index contributed by atoms with van der Waals surface area (Å²) >= 11 is 0. The molecule has 1 fully saturated rings. The van der Waals surface area contributed by atoms with E-state index in [4.69, 9.17) is 4.74 Å². The highest BCUT2D eigenvalue weighted by Crippen LogP contribution is 2.44. The fourth-order valence-electron chi connectivity index (χ4n) is 3.34. The van der Waals surface area contributed by atoms with Gasteiger partial charge in [0.15, 0.2) is 0 Å². The van der Waals surface area contributed by atoms with Crippen LogP contribution in [0, 0.1) is 17.8 Å². The van der Waals surface area contributed by atoms with Crippen LogP contribution in [0.1, 0.15) is 33.1 Å². The van der Waals surface area contributed by atoms with Crippen molar-refractivity contribution < 1.29 is 9.84 Å². The quantitative estimate of drug-likeness (QED) is 0.682. The number of ether oxygens (including phenoxy) is 1. The average molecular weight is 253 g/mol. The molecule has 5 unspecified atom stereocenters. The largest absolute Gasteiger partial charge is 0.389 e. The van der Waals surface area contributed by atoms with Gasteiger partial charge in [-0.05, 0) is 44.4 Å². The summed E-state index contributed by atoms with van der Waals surface area (Å²) in [6, 6.07) is 0.485. The Morgan fingerprint density at radius 2 is 2.22 bits per heavy atom. The molecule has 1 saturated carbocycles. The van der Waals surface area contributed by atoms with E-state index < -0.39 is 5.60 Å². The monoisotopic (exact) mass is 253 g/mol. The Morgan fingerprint density at radius 3 is 2.78 bits per heavy atom. The first kappa shape index (κ1) is 14.0. The second-order valence-corrected chi connectivity index (χ2v) is 6.35. The molecular formula is C15H27NO2. The molecule has 0 spiro atoms. The van der Waals surface area contributed by atoms with E-state index in [1.807, 2.05) is 6.92 Å². The lowest BCUT2D eigenvalue weighted by Crippen LogP contribution is -2.45. The Morgan fingerprint density at radius 1 is 1.44 bits per heavy atom. The van der Waals surface area contributed by atoms with Crippen molar-refractivity contribution in [3.63, 3.8) is 0 Å². The number of hydrogen-bond donors (Lipinski definition) is 2. The van der Waals surface area contributed by atoms with Crippen LogP contribution in [-0.4, -0.2) is 37.0 Å². The second kappa shape index (κ2) is 5.72. The van der Waals surface area contributed by atoms with E-state index in [0.717, 1.165) is 17.8 Å². The van der Waals surface area contributed by atoms with Gasteiger partial charge in [0, 0.05) is 32.7 Å². The molecule has 0 aromatic rings. The lowest BCUT2D eigenvalue weighted by molar-refractivity contribution is 0.0212. The van der Waals surface area contributed by atoms with E-state index >= 15 is 0 Å². The first-order valence-electron chi connectivity index (χ1n) is 7.15. The maximum Gasteiger partial charge on any atom is 0.0765 e. The van der Waals surface area contributed by atoms with E-state index in [1.165, 1.54) is 12.8 Å². The summed E-state index contributed by atoms with van der Waals surface area (Å²) < 4.78 is 5.03. The molecule has 0 aromatic heterocycles. The Bertz CT molecular complexity index is 301. The van der Waals surface area contributed by atoms with Crippen molar-refractivity contribution in [2.75, 3.05) is 20.3 Å². The molecule has 5 atom stereocenters. The van der Waals surface area contributed by atoms with E-state index in [9.17, 15) is 5.11 Å². The van der Waals surface area contributed by atoms with Gasteiger partial charge in [0.2, 0.25) is 0 Å². The maximum absolute atomic E-state index is 10.2. The minimum atomic E-state index is -0.669. The normalized spacial score (nSPS) is 34.8. The summed E-state index contributed by atoms with van der Waals surface area (Å²) in [5, 5.41) is 13.7. The van der Waals surface area contributed by atoms with Crippen molar-refractivity contribution in [1.29, 1.82) is 0 Å². The fraction of sp³-hybridized carbons (Fsp3) is 0.867. The summed E-state index contributed by atoms with van der Waals surface area (Å²) in [4.78, 5) is 0. The smallest absolute Gasteiger partial charge is 0.0765 e. The van der Waals surface area contributed by atoms with Gasteiger partial charge in [0.1, 0.15) is 0 Å². The molecule has 2 rings (SSSR count). The third-order valence-electron chi connectivity index (χ3n) is 4.62. The van der Waals surface area contributed by atoms with Gasteiger partial charge in [-0.3, -0.25) is 0 Å². The number of nitrogens with one attached hydrogen (secondary N) is 1. The molecular weight excluding hydrogens is 226 g/mol. The van der Waals surface area contributed by atoms with Gasteiger partial charge in [0.05, 0.1) is 5.60 Å². The molecule has 0 saturated heterocycles. The summed E-state index contributed by atoms with van der Waals surface area (Å²) in [5.74, 6) is 2.33. The zero-order valence-corrected chi connectivity index (χ0v) is 11.9. The molecule has 3 nitrogen and oxygen atoms in total. The standard InChI is InChI=1S/C15H27NO2/c1-11(14-9-12-4-5-13(14)8-12)16-10-15(2,17)6-7-18-3/h4-5,11-14,16-17H,6-10H2,1-3H3. The van der Waals surface area contributed by atoms with E-state index in [1.54, 1.807) is 7.11 Å². The average Bonchev–Trinajstić information content (AvgIpc) is 2.96. The van der Waals surface area contributed by atoms with Crippen LogP contribution in [0.4, 0.5) is 0 Å². The molecule has 104 valence electrons. The van der Waals surface area contributed by atoms with Crippen LogP contribution < -0.4 is 5.32 Å². The number of aliphatic hydroxyl groups is 1. The highest BCUT2D eigenvalue weighted by molar-refractivity contribution is 5.11. The number of hydrogen-bond acceptors (Lipinski definition) is 3. The van der Waals surface area contributed by atoms with Gasteiger partial charge in [0.25, 0.3) is 0 Å². The molecule has 2 aliphatic carbocycles. The van der Waals surface area contributed by atoms with Crippen molar-refractivity contribution >= 4 is 0 Å². The summed E-state index contributed by atoms with van der Waals surface area (Å²) in [6.07, 6.45) is 8.11. The molecule has 2 bridgehead atoms. The van der Waals surface area contributed by atoms with Crippen LogP contribution in [0.15, 0.2) is 12.2 Å². The second-order valence-electron chi connectivity index (χ2n) is 6.35. The predicted molar refractivity (Wildman–Crippen MR) is 73.4 cm³/mol. The van der Waals surface area contributed by atoms with Crippen LogP contribution in [0.3, 0.4) is 0 Å². The predicted octanol–water partition coefficient (Wildman–Crippen LogP) is 1.96. The zero-order chi connectivity index (χ0) is 13.2. The van der Waals surface area contributed by atoms with Crippen LogP contribution in [0.5, 0.6) is 0 Å².